The van der Waals surface area contributed by atoms with E-state index in [2.05, 4.69) is 13.2 Å². The molecule has 4 heteroatoms. The van der Waals surface area contributed by atoms with Crippen LogP contribution in [0.15, 0.2) is 67.8 Å². The summed E-state index contributed by atoms with van der Waals surface area (Å²) >= 11 is 0. The van der Waals surface area contributed by atoms with Gasteiger partial charge in [-0.3, -0.25) is 0 Å². The van der Waals surface area contributed by atoms with Gasteiger partial charge < -0.3 is 4.74 Å². The second-order valence-corrected chi connectivity index (χ2v) is 11.9. The third-order valence-corrected chi connectivity index (χ3v) is 9.23. The maximum atomic E-state index is 15.1. The molecule has 0 amide bonds. The summed E-state index contributed by atoms with van der Waals surface area (Å²) in [6, 6.07) is 12.0. The maximum Gasteiger partial charge on any atom is 0.386 e. The van der Waals surface area contributed by atoms with Gasteiger partial charge in [-0.1, -0.05) is 42.5 Å². The van der Waals surface area contributed by atoms with Gasteiger partial charge in [0.15, 0.2) is 0 Å². The molecule has 4 rings (SSSR count). The van der Waals surface area contributed by atoms with E-state index in [0.29, 0.717) is 17.4 Å². The summed E-state index contributed by atoms with van der Waals surface area (Å²) < 4.78 is 50.4. The molecule has 1 atom stereocenters. The molecule has 0 saturated heterocycles. The predicted molar refractivity (Wildman–Crippen MR) is 154 cm³/mol. The van der Waals surface area contributed by atoms with Crippen molar-refractivity contribution >= 4 is 0 Å². The lowest BCUT2D eigenvalue weighted by Gasteiger charge is -2.29. The second-order valence-electron chi connectivity index (χ2n) is 11.9. The van der Waals surface area contributed by atoms with E-state index in [1.807, 2.05) is 36.4 Å². The minimum Gasteiger partial charge on any atom is -0.309 e. The van der Waals surface area contributed by atoms with E-state index in [-0.39, 0.29) is 5.92 Å². The maximum absolute atomic E-state index is 15.1. The molecule has 1 nitrogen and oxygen atoms in total. The summed E-state index contributed by atoms with van der Waals surface area (Å²) in [7, 11) is 0. The third kappa shape index (κ3) is 7.87. The van der Waals surface area contributed by atoms with Crippen molar-refractivity contribution in [1.82, 2.24) is 0 Å². The first-order valence-corrected chi connectivity index (χ1v) is 15.0. The van der Waals surface area contributed by atoms with E-state index < -0.39 is 23.6 Å². The predicted octanol–water partition coefficient (Wildman–Crippen LogP) is 11.1. The Labute approximate surface area is 233 Å². The van der Waals surface area contributed by atoms with Crippen molar-refractivity contribution in [1.29, 1.82) is 0 Å². The van der Waals surface area contributed by atoms with Crippen molar-refractivity contribution in [3.63, 3.8) is 0 Å². The van der Waals surface area contributed by atoms with Crippen LogP contribution in [0.2, 0.25) is 0 Å². The number of allylic oxidation sites excluding steroid dienone is 2. The summed E-state index contributed by atoms with van der Waals surface area (Å²) in [5, 5.41) is 0. The van der Waals surface area contributed by atoms with Gasteiger partial charge in [-0.2, -0.15) is 8.78 Å². The van der Waals surface area contributed by atoms with Crippen molar-refractivity contribution < 1.29 is 17.9 Å². The van der Waals surface area contributed by atoms with Gasteiger partial charge in [0.2, 0.25) is 0 Å². The zero-order valence-electron chi connectivity index (χ0n) is 23.5. The quantitative estimate of drug-likeness (QED) is 0.244. The number of benzene rings is 2. The number of alkyl halides is 2. The molecule has 1 unspecified atom stereocenters. The van der Waals surface area contributed by atoms with E-state index >= 15 is 8.78 Å². The van der Waals surface area contributed by atoms with Crippen LogP contribution < -0.4 is 0 Å². The Balaban J connectivity index is 1.33. The van der Waals surface area contributed by atoms with Crippen LogP contribution in [0, 0.1) is 17.7 Å². The van der Waals surface area contributed by atoms with Gasteiger partial charge in [0.1, 0.15) is 5.82 Å². The smallest absolute Gasteiger partial charge is 0.309 e. The van der Waals surface area contributed by atoms with Crippen molar-refractivity contribution in [2.24, 2.45) is 11.8 Å². The van der Waals surface area contributed by atoms with Crippen molar-refractivity contribution in [2.75, 3.05) is 0 Å². The van der Waals surface area contributed by atoms with Gasteiger partial charge >= 0.3 is 6.11 Å². The lowest BCUT2D eigenvalue weighted by molar-refractivity contribution is -0.273. The van der Waals surface area contributed by atoms with Crippen LogP contribution in [0.25, 0.3) is 0 Å². The van der Waals surface area contributed by atoms with Crippen LogP contribution in [-0.4, -0.2) is 0 Å². The molecule has 2 saturated carbocycles. The molecule has 2 aromatic carbocycles. The van der Waals surface area contributed by atoms with Gasteiger partial charge in [0.05, 0.1) is 11.7 Å². The topological polar surface area (TPSA) is 9.23 Å². The number of halogens is 3. The summed E-state index contributed by atoms with van der Waals surface area (Å²) in [4.78, 5) is 0. The number of ether oxygens (including phenoxy) is 1. The van der Waals surface area contributed by atoms with Crippen LogP contribution in [-0.2, 0) is 10.8 Å². The second kappa shape index (κ2) is 13.8. The highest BCUT2D eigenvalue weighted by Gasteiger charge is 2.38. The average Bonchev–Trinajstić information content (AvgIpc) is 2.95. The molecule has 0 N–H and O–H groups in total. The van der Waals surface area contributed by atoms with Crippen molar-refractivity contribution in [3.05, 3.63) is 95.8 Å². The third-order valence-electron chi connectivity index (χ3n) is 9.23. The van der Waals surface area contributed by atoms with Gasteiger partial charge in [-0.15, -0.1) is 13.2 Å². The van der Waals surface area contributed by atoms with E-state index in [1.54, 1.807) is 13.0 Å². The van der Waals surface area contributed by atoms with Crippen LogP contribution in [0.1, 0.15) is 124 Å². The Morgan fingerprint density at radius 2 is 1.28 bits per heavy atom. The molecule has 0 heterocycles. The van der Waals surface area contributed by atoms with E-state index in [4.69, 9.17) is 4.74 Å². The Hall–Kier alpha value is -2.33. The fraction of sp³-hybridized carbons (Fsp3) is 0.543. The highest BCUT2D eigenvalue weighted by molar-refractivity contribution is 5.30. The normalized spacial score (nSPS) is 24.7. The minimum absolute atomic E-state index is 0.225. The molecule has 212 valence electrons. The van der Waals surface area contributed by atoms with Crippen molar-refractivity contribution in [3.8, 4) is 0 Å². The number of rotatable bonds is 12. The minimum atomic E-state index is -3.72. The Kier molecular flexibility index (Phi) is 10.5. The Morgan fingerprint density at radius 3 is 1.77 bits per heavy atom. The zero-order valence-corrected chi connectivity index (χ0v) is 23.5. The molecule has 0 bridgehead atoms. The lowest BCUT2D eigenvalue weighted by atomic mass is 9.77. The van der Waals surface area contributed by atoms with Gasteiger partial charge in [-0.25, -0.2) is 4.39 Å². The lowest BCUT2D eigenvalue weighted by Crippen LogP contribution is -2.22. The Morgan fingerprint density at radius 1 is 0.795 bits per heavy atom. The fourth-order valence-corrected chi connectivity index (χ4v) is 6.69. The molecule has 0 aliphatic heterocycles. The first-order valence-electron chi connectivity index (χ1n) is 15.0. The summed E-state index contributed by atoms with van der Waals surface area (Å²) in [6.07, 6.45) is 12.7. The zero-order chi connectivity index (χ0) is 27.8. The first kappa shape index (κ1) is 29.6. The van der Waals surface area contributed by atoms with Crippen LogP contribution in [0.5, 0.6) is 0 Å². The summed E-state index contributed by atoms with van der Waals surface area (Å²) in [6.45, 7) is 9.22. The largest absolute Gasteiger partial charge is 0.386 e. The average molecular weight is 539 g/mol. The SMILES string of the molecule is C=CCCC1CCC(c2ccc(C(C)OC(F)(F)c3ccc(C4CCC(CCC=C)CC4)cc3F)cc2)CC1. The van der Waals surface area contributed by atoms with Crippen LogP contribution in [0.3, 0.4) is 0 Å². The highest BCUT2D eigenvalue weighted by atomic mass is 19.3. The van der Waals surface area contributed by atoms with E-state index in [1.165, 1.54) is 37.0 Å². The number of hydrogen-bond acceptors (Lipinski definition) is 1. The molecule has 0 radical (unpaired) electrons. The monoisotopic (exact) mass is 538 g/mol. The fourth-order valence-electron chi connectivity index (χ4n) is 6.69. The highest BCUT2D eigenvalue weighted by Crippen LogP contribution is 2.42. The summed E-state index contributed by atoms with van der Waals surface area (Å²) in [5.41, 5.74) is 2.05. The number of hydrogen-bond donors (Lipinski definition) is 0. The van der Waals surface area contributed by atoms with E-state index in [0.717, 1.165) is 69.3 Å². The molecule has 2 aliphatic rings. The van der Waals surface area contributed by atoms with E-state index in [9.17, 15) is 4.39 Å². The molecular weight excluding hydrogens is 493 g/mol. The van der Waals surface area contributed by atoms with Crippen molar-refractivity contribution in [2.45, 2.75) is 108 Å². The standard InChI is InChI=1S/C35H45F3O/c1-4-6-8-26-10-14-29(15-11-26)30-20-18-28(19-21-30)25(3)39-35(37,38)33-23-22-32(24-34(33)36)31-16-12-27(13-17-31)9-7-5-2/h4-5,18-27,29,31H,1-2,6-17H2,3H3. The molecule has 2 aromatic rings. The van der Waals surface area contributed by atoms with Gasteiger partial charge in [-0.05, 0) is 136 Å². The van der Waals surface area contributed by atoms with Crippen LogP contribution >= 0.6 is 0 Å². The molecule has 0 aromatic heterocycles. The molecular formula is C35H45F3O. The molecule has 39 heavy (non-hydrogen) atoms. The van der Waals surface area contributed by atoms with Gasteiger partial charge in [0, 0.05) is 0 Å². The molecule has 0 spiro atoms. The molecule has 2 aliphatic carbocycles. The molecule has 2 fully saturated rings. The van der Waals surface area contributed by atoms with Crippen LogP contribution in [0.4, 0.5) is 13.2 Å². The van der Waals surface area contributed by atoms with Gasteiger partial charge in [0.25, 0.3) is 0 Å². The first-order chi connectivity index (χ1) is 18.8. The Bertz CT molecular complexity index is 1060. The summed E-state index contributed by atoms with van der Waals surface area (Å²) in [5.74, 6) is 1.32.